The van der Waals surface area contributed by atoms with Crippen molar-refractivity contribution >= 4 is 28.6 Å². The van der Waals surface area contributed by atoms with E-state index < -0.39 is 5.97 Å². The van der Waals surface area contributed by atoms with Gasteiger partial charge in [0, 0.05) is 6.42 Å². The fraction of sp³-hybridized carbons (Fsp3) is 0.970. The molecular weight excluding hydrogens is 555 g/mol. The van der Waals surface area contributed by atoms with E-state index in [2.05, 4.69) is 22.6 Å². The third-order valence-electron chi connectivity index (χ3n) is 7.77. The van der Waals surface area contributed by atoms with E-state index in [1.54, 1.807) is 0 Å². The van der Waals surface area contributed by atoms with Gasteiger partial charge in [-0.3, -0.25) is 4.79 Å². The second kappa shape index (κ2) is 33.2. The van der Waals surface area contributed by atoms with Crippen LogP contribution >= 0.6 is 22.6 Å². The predicted molar refractivity (Wildman–Crippen MR) is 170 cm³/mol. The molecule has 0 aromatic rings. The number of rotatable bonds is 32. The summed E-state index contributed by atoms with van der Waals surface area (Å²) in [6, 6.07) is 0. The van der Waals surface area contributed by atoms with Gasteiger partial charge in [0.15, 0.2) is 0 Å². The zero-order chi connectivity index (χ0) is 26.2. The molecule has 0 rings (SSSR count). The molecule has 0 amide bonds. The Labute approximate surface area is 241 Å². The van der Waals surface area contributed by atoms with Crippen LogP contribution < -0.4 is 0 Å². The summed E-state index contributed by atoms with van der Waals surface area (Å²) in [6.07, 6.45) is 42.5. The van der Waals surface area contributed by atoms with Crippen molar-refractivity contribution in [3.8, 4) is 0 Å². The van der Waals surface area contributed by atoms with Crippen LogP contribution in [0, 0.1) is 0 Å². The molecule has 0 aliphatic rings. The molecule has 0 saturated carbocycles. The molecule has 0 heterocycles. The molecule has 0 radical (unpaired) electrons. The van der Waals surface area contributed by atoms with Crippen LogP contribution in [0.15, 0.2) is 0 Å². The molecule has 0 aromatic heterocycles. The Morgan fingerprint density at radius 3 is 0.667 bits per heavy atom. The Hall–Kier alpha value is 0.200. The molecule has 0 aliphatic carbocycles. The summed E-state index contributed by atoms with van der Waals surface area (Å²) in [4.78, 5) is 10.5. The van der Waals surface area contributed by atoms with E-state index in [0.29, 0.717) is 6.42 Å². The first-order valence-electron chi connectivity index (χ1n) is 16.5. The smallest absolute Gasteiger partial charge is 0.303 e. The molecule has 2 nitrogen and oxygen atoms in total. The molecule has 0 fully saturated rings. The van der Waals surface area contributed by atoms with E-state index in [0.717, 1.165) is 12.8 Å². The fourth-order valence-corrected chi connectivity index (χ4v) is 5.86. The van der Waals surface area contributed by atoms with Crippen LogP contribution in [-0.4, -0.2) is 15.5 Å². The van der Waals surface area contributed by atoms with E-state index in [1.807, 2.05) is 0 Å². The SMILES string of the molecule is O=C(O)CCCCCCCCCCCCCCCCCCCCCCCCCCCCCCCCI. The summed E-state index contributed by atoms with van der Waals surface area (Å²) in [6.45, 7) is 0. The Bertz CT molecular complexity index is 412. The van der Waals surface area contributed by atoms with Crippen molar-refractivity contribution in [1.82, 2.24) is 0 Å². The van der Waals surface area contributed by atoms with Crippen LogP contribution in [0.5, 0.6) is 0 Å². The number of carboxylic acid groups (broad SMARTS) is 1. The minimum absolute atomic E-state index is 0.347. The maximum atomic E-state index is 10.5. The maximum absolute atomic E-state index is 10.5. The van der Waals surface area contributed by atoms with Crippen LogP contribution in [0.25, 0.3) is 0 Å². The molecule has 216 valence electrons. The zero-order valence-electron chi connectivity index (χ0n) is 24.4. The number of alkyl halides is 1. The highest BCUT2D eigenvalue weighted by Gasteiger charge is 1.98. The van der Waals surface area contributed by atoms with Crippen molar-refractivity contribution in [2.75, 3.05) is 4.43 Å². The molecule has 0 spiro atoms. The van der Waals surface area contributed by atoms with Gasteiger partial charge in [0.25, 0.3) is 0 Å². The van der Waals surface area contributed by atoms with Gasteiger partial charge in [-0.2, -0.15) is 0 Å². The zero-order valence-corrected chi connectivity index (χ0v) is 26.5. The van der Waals surface area contributed by atoms with Gasteiger partial charge in [0.1, 0.15) is 0 Å². The van der Waals surface area contributed by atoms with E-state index in [-0.39, 0.29) is 0 Å². The Balaban J connectivity index is 3.02. The highest BCUT2D eigenvalue weighted by Crippen LogP contribution is 2.16. The highest BCUT2D eigenvalue weighted by molar-refractivity contribution is 14.1. The van der Waals surface area contributed by atoms with Crippen molar-refractivity contribution in [1.29, 1.82) is 0 Å². The average Bonchev–Trinajstić information content (AvgIpc) is 2.87. The average molecular weight is 621 g/mol. The minimum atomic E-state index is -0.648. The second-order valence-electron chi connectivity index (χ2n) is 11.4. The fourth-order valence-electron chi connectivity index (χ4n) is 5.32. The molecular formula is C33H65IO2. The Morgan fingerprint density at radius 1 is 0.333 bits per heavy atom. The lowest BCUT2D eigenvalue weighted by atomic mass is 10.0. The molecule has 1 N–H and O–H groups in total. The molecule has 36 heavy (non-hydrogen) atoms. The van der Waals surface area contributed by atoms with E-state index in [4.69, 9.17) is 5.11 Å². The highest BCUT2D eigenvalue weighted by atomic mass is 127. The molecule has 0 bridgehead atoms. The monoisotopic (exact) mass is 620 g/mol. The van der Waals surface area contributed by atoms with E-state index in [1.165, 1.54) is 184 Å². The Morgan fingerprint density at radius 2 is 0.500 bits per heavy atom. The van der Waals surface area contributed by atoms with Crippen molar-refractivity contribution < 1.29 is 9.90 Å². The summed E-state index contributed by atoms with van der Waals surface area (Å²) >= 11 is 2.49. The van der Waals surface area contributed by atoms with Gasteiger partial charge >= 0.3 is 5.97 Å². The van der Waals surface area contributed by atoms with Gasteiger partial charge in [-0.1, -0.05) is 202 Å². The predicted octanol–water partition coefficient (Wildman–Crippen LogP) is 12.6. The molecule has 0 aliphatic heterocycles. The van der Waals surface area contributed by atoms with Crippen LogP contribution in [0.3, 0.4) is 0 Å². The minimum Gasteiger partial charge on any atom is -0.481 e. The Kier molecular flexibility index (Phi) is 33.4. The topological polar surface area (TPSA) is 37.3 Å². The van der Waals surface area contributed by atoms with Crippen LogP contribution in [0.4, 0.5) is 0 Å². The summed E-state index contributed by atoms with van der Waals surface area (Å²) in [5, 5.41) is 8.62. The van der Waals surface area contributed by atoms with E-state index >= 15 is 0 Å². The molecule has 0 aromatic carbocycles. The van der Waals surface area contributed by atoms with Crippen LogP contribution in [0.1, 0.15) is 199 Å². The van der Waals surface area contributed by atoms with Crippen molar-refractivity contribution in [3.05, 3.63) is 0 Å². The largest absolute Gasteiger partial charge is 0.481 e. The number of aliphatic carboxylic acids is 1. The lowest BCUT2D eigenvalue weighted by Gasteiger charge is -2.04. The maximum Gasteiger partial charge on any atom is 0.303 e. The summed E-state index contributed by atoms with van der Waals surface area (Å²) < 4.78 is 1.34. The summed E-state index contributed by atoms with van der Waals surface area (Å²) in [7, 11) is 0. The first kappa shape index (κ1) is 36.2. The van der Waals surface area contributed by atoms with Crippen molar-refractivity contribution in [3.63, 3.8) is 0 Å². The van der Waals surface area contributed by atoms with Crippen LogP contribution in [-0.2, 0) is 4.79 Å². The molecule has 0 saturated heterocycles. The molecule has 0 atom stereocenters. The number of hydrogen-bond donors (Lipinski definition) is 1. The third-order valence-corrected chi connectivity index (χ3v) is 8.54. The van der Waals surface area contributed by atoms with Crippen molar-refractivity contribution in [2.24, 2.45) is 0 Å². The third kappa shape index (κ3) is 34.2. The first-order valence-corrected chi connectivity index (χ1v) is 18.1. The second-order valence-corrected chi connectivity index (χ2v) is 12.5. The van der Waals surface area contributed by atoms with Crippen LogP contribution in [0.2, 0.25) is 0 Å². The number of hydrogen-bond acceptors (Lipinski definition) is 1. The van der Waals surface area contributed by atoms with Crippen molar-refractivity contribution in [2.45, 2.75) is 199 Å². The number of carbonyl (C=O) groups is 1. The molecule has 0 unspecified atom stereocenters. The standard InChI is InChI=1S/C33H65IO2/c34-32-30-28-26-24-22-20-18-16-14-12-10-8-6-4-2-1-3-5-7-9-11-13-15-17-19-21-23-25-27-29-31-33(35)36/h1-32H2,(H,35,36). The number of halogens is 1. The lowest BCUT2D eigenvalue weighted by Crippen LogP contribution is -1.93. The van der Waals surface area contributed by atoms with Gasteiger partial charge in [0.2, 0.25) is 0 Å². The van der Waals surface area contributed by atoms with Gasteiger partial charge in [-0.05, 0) is 17.3 Å². The van der Waals surface area contributed by atoms with Gasteiger partial charge in [-0.15, -0.1) is 0 Å². The summed E-state index contributed by atoms with van der Waals surface area (Å²) in [5.74, 6) is -0.648. The quantitative estimate of drug-likeness (QED) is 0.0461. The van der Waals surface area contributed by atoms with Gasteiger partial charge in [-0.25, -0.2) is 0 Å². The number of carboxylic acids is 1. The normalized spacial score (nSPS) is 11.4. The lowest BCUT2D eigenvalue weighted by molar-refractivity contribution is -0.137. The number of unbranched alkanes of at least 4 members (excludes halogenated alkanes) is 29. The first-order chi connectivity index (χ1) is 17.8. The molecule has 3 heteroatoms. The van der Waals surface area contributed by atoms with Gasteiger partial charge in [0.05, 0.1) is 0 Å². The summed E-state index contributed by atoms with van der Waals surface area (Å²) in [5.41, 5.74) is 0. The van der Waals surface area contributed by atoms with Gasteiger partial charge < -0.3 is 5.11 Å². The van der Waals surface area contributed by atoms with E-state index in [9.17, 15) is 4.79 Å².